The molecule has 0 aromatic carbocycles. The second kappa shape index (κ2) is 4.63. The maximum atomic E-state index is 11.6. The van der Waals surface area contributed by atoms with Crippen LogP contribution in [0.25, 0.3) is 0 Å². The fourth-order valence-electron chi connectivity index (χ4n) is 0.753. The van der Waals surface area contributed by atoms with Crippen molar-refractivity contribution in [1.82, 2.24) is 0 Å². The molecule has 0 bridgehead atoms. The third-order valence-corrected chi connectivity index (χ3v) is 2.86. The van der Waals surface area contributed by atoms with Crippen LogP contribution in [0.1, 0.15) is 12.8 Å². The fourth-order valence-corrected chi connectivity index (χ4v) is 1.86. The number of carboxylic acid groups (broad SMARTS) is 1. The van der Waals surface area contributed by atoms with Gasteiger partial charge in [0.05, 0.1) is 5.75 Å². The molecule has 84 valence electrons. The summed E-state index contributed by atoms with van der Waals surface area (Å²) in [6.45, 7) is 0. The Morgan fingerprint density at radius 2 is 1.79 bits per heavy atom. The van der Waals surface area contributed by atoms with Crippen molar-refractivity contribution < 1.29 is 31.5 Å². The highest BCUT2D eigenvalue weighted by atomic mass is 32.2. The quantitative estimate of drug-likeness (QED) is 0.764. The Morgan fingerprint density at radius 3 is 2.14 bits per heavy atom. The molecule has 0 heterocycles. The van der Waals surface area contributed by atoms with Gasteiger partial charge in [-0.15, -0.1) is 0 Å². The van der Waals surface area contributed by atoms with E-state index in [0.717, 1.165) is 0 Å². The summed E-state index contributed by atoms with van der Waals surface area (Å²) in [7, 11) is -3.90. The number of hydrogen-bond acceptors (Lipinski definition) is 3. The van der Waals surface area contributed by atoms with Crippen molar-refractivity contribution in [3.05, 3.63) is 0 Å². The summed E-state index contributed by atoms with van der Waals surface area (Å²) < 4.78 is 56.3. The Bertz CT molecular complexity index is 293. The van der Waals surface area contributed by atoms with Gasteiger partial charge in [-0.2, -0.15) is 13.2 Å². The summed E-state index contributed by atoms with van der Waals surface area (Å²) in [5.74, 6) is -3.43. The molecular formula is C6H9F3O4S. The Morgan fingerprint density at radius 1 is 1.29 bits per heavy atom. The first kappa shape index (κ1) is 13.2. The van der Waals surface area contributed by atoms with Crippen molar-refractivity contribution in [2.75, 3.05) is 11.5 Å². The van der Waals surface area contributed by atoms with Crippen LogP contribution in [0.4, 0.5) is 13.2 Å². The van der Waals surface area contributed by atoms with Gasteiger partial charge in [-0.05, 0) is 6.42 Å². The van der Waals surface area contributed by atoms with Crippen LogP contribution in [0.15, 0.2) is 0 Å². The average molecular weight is 234 g/mol. The zero-order chi connectivity index (χ0) is 11.4. The van der Waals surface area contributed by atoms with Crippen molar-refractivity contribution in [2.45, 2.75) is 19.0 Å². The highest BCUT2D eigenvalue weighted by Gasteiger charge is 2.27. The minimum atomic E-state index is -4.40. The van der Waals surface area contributed by atoms with Gasteiger partial charge in [-0.25, -0.2) is 8.42 Å². The molecule has 4 nitrogen and oxygen atoms in total. The molecular weight excluding hydrogens is 225 g/mol. The van der Waals surface area contributed by atoms with Crippen molar-refractivity contribution in [3.63, 3.8) is 0 Å². The van der Waals surface area contributed by atoms with E-state index in [-0.39, 0.29) is 0 Å². The second-order valence-electron chi connectivity index (χ2n) is 2.70. The molecule has 0 aliphatic heterocycles. The lowest BCUT2D eigenvalue weighted by atomic mass is 10.3. The molecule has 0 unspecified atom stereocenters. The van der Waals surface area contributed by atoms with Gasteiger partial charge in [0.1, 0.15) is 5.75 Å². The molecule has 0 aliphatic rings. The number of hydrogen-bond donors (Lipinski definition) is 1. The first-order chi connectivity index (χ1) is 6.12. The third kappa shape index (κ3) is 7.84. The van der Waals surface area contributed by atoms with E-state index in [0.29, 0.717) is 0 Å². The van der Waals surface area contributed by atoms with Crippen molar-refractivity contribution in [1.29, 1.82) is 0 Å². The lowest BCUT2D eigenvalue weighted by molar-refractivity contribution is -0.134. The monoisotopic (exact) mass is 234 g/mol. The minimum Gasteiger partial charge on any atom is -0.480 e. The first-order valence-electron chi connectivity index (χ1n) is 3.61. The summed E-state index contributed by atoms with van der Waals surface area (Å²) in [6, 6.07) is 0. The number of sulfone groups is 1. The SMILES string of the molecule is O=C(O)CS(=O)(=O)CCCC(F)(F)F. The molecule has 0 aromatic rings. The Balaban J connectivity index is 3.96. The van der Waals surface area contributed by atoms with Gasteiger partial charge in [0.25, 0.3) is 0 Å². The third-order valence-electron chi connectivity index (χ3n) is 1.26. The summed E-state index contributed by atoms with van der Waals surface area (Å²) >= 11 is 0. The van der Waals surface area contributed by atoms with Gasteiger partial charge in [0.2, 0.25) is 0 Å². The number of carbonyl (C=O) groups is 1. The van der Waals surface area contributed by atoms with E-state index in [1.54, 1.807) is 0 Å². The van der Waals surface area contributed by atoms with Crippen LogP contribution in [0.5, 0.6) is 0 Å². The summed E-state index contributed by atoms with van der Waals surface area (Å²) in [5, 5.41) is 8.11. The van der Waals surface area contributed by atoms with Crippen LogP contribution in [0.3, 0.4) is 0 Å². The standard InChI is InChI=1S/C6H9F3O4S/c7-6(8,9)2-1-3-14(12,13)4-5(10)11/h1-4H2,(H,10,11). The van der Waals surface area contributed by atoms with Crippen LogP contribution in [0.2, 0.25) is 0 Å². The van der Waals surface area contributed by atoms with Gasteiger partial charge in [-0.1, -0.05) is 0 Å². The van der Waals surface area contributed by atoms with Crippen LogP contribution in [-0.4, -0.2) is 37.2 Å². The Hall–Kier alpha value is -0.790. The molecule has 1 N–H and O–H groups in total. The summed E-state index contributed by atoms with van der Waals surface area (Å²) in [5.41, 5.74) is 0. The first-order valence-corrected chi connectivity index (χ1v) is 5.43. The maximum absolute atomic E-state index is 11.6. The van der Waals surface area contributed by atoms with Crippen molar-refractivity contribution in [2.24, 2.45) is 0 Å². The number of alkyl halides is 3. The second-order valence-corrected chi connectivity index (χ2v) is 4.89. The van der Waals surface area contributed by atoms with Gasteiger partial charge in [0.15, 0.2) is 9.84 Å². The fraction of sp³-hybridized carbons (Fsp3) is 0.833. The van der Waals surface area contributed by atoms with E-state index < -0.39 is 46.3 Å². The molecule has 0 fully saturated rings. The predicted octanol–water partition coefficient (Wildman–Crippen LogP) is 0.828. The average Bonchev–Trinajstić information content (AvgIpc) is 1.78. The van der Waals surface area contributed by atoms with Crippen LogP contribution < -0.4 is 0 Å². The Labute approximate surface area is 78.6 Å². The molecule has 0 rings (SSSR count). The molecule has 8 heteroatoms. The number of carboxylic acids is 1. The van der Waals surface area contributed by atoms with E-state index in [9.17, 15) is 26.4 Å². The zero-order valence-electron chi connectivity index (χ0n) is 7.04. The molecule has 0 saturated carbocycles. The van der Waals surface area contributed by atoms with Gasteiger partial charge >= 0.3 is 12.1 Å². The lowest BCUT2D eigenvalue weighted by Crippen LogP contribution is -2.19. The summed E-state index contributed by atoms with van der Waals surface area (Å²) in [6.07, 6.45) is -6.22. The van der Waals surface area contributed by atoms with Crippen LogP contribution in [-0.2, 0) is 14.6 Å². The Kier molecular flexibility index (Phi) is 4.37. The molecule has 0 spiro atoms. The highest BCUT2D eigenvalue weighted by Crippen LogP contribution is 2.21. The van der Waals surface area contributed by atoms with Crippen LogP contribution >= 0.6 is 0 Å². The van der Waals surface area contributed by atoms with Crippen molar-refractivity contribution >= 4 is 15.8 Å². The smallest absolute Gasteiger partial charge is 0.389 e. The maximum Gasteiger partial charge on any atom is 0.389 e. The number of rotatable bonds is 5. The van der Waals surface area contributed by atoms with Gasteiger partial charge < -0.3 is 5.11 Å². The molecule has 0 aliphatic carbocycles. The van der Waals surface area contributed by atoms with Crippen molar-refractivity contribution in [3.8, 4) is 0 Å². The normalized spacial score (nSPS) is 12.8. The molecule has 0 amide bonds. The van der Waals surface area contributed by atoms with E-state index in [1.807, 2.05) is 0 Å². The number of halogens is 3. The lowest BCUT2D eigenvalue weighted by Gasteiger charge is -2.05. The topological polar surface area (TPSA) is 71.4 Å². The van der Waals surface area contributed by atoms with E-state index in [2.05, 4.69) is 0 Å². The van der Waals surface area contributed by atoms with E-state index in [1.165, 1.54) is 0 Å². The highest BCUT2D eigenvalue weighted by molar-refractivity contribution is 7.92. The summed E-state index contributed by atoms with van der Waals surface area (Å²) in [4.78, 5) is 9.97. The molecule has 14 heavy (non-hydrogen) atoms. The molecule has 0 aromatic heterocycles. The van der Waals surface area contributed by atoms with Gasteiger partial charge in [0, 0.05) is 6.42 Å². The molecule has 0 atom stereocenters. The number of aliphatic carboxylic acids is 1. The van der Waals surface area contributed by atoms with E-state index >= 15 is 0 Å². The van der Waals surface area contributed by atoms with E-state index in [4.69, 9.17) is 5.11 Å². The largest absolute Gasteiger partial charge is 0.480 e. The van der Waals surface area contributed by atoms with Crippen LogP contribution in [0, 0.1) is 0 Å². The molecule has 0 saturated heterocycles. The molecule has 0 radical (unpaired) electrons. The predicted molar refractivity (Wildman–Crippen MR) is 41.6 cm³/mol. The minimum absolute atomic E-state index is 0.598. The zero-order valence-corrected chi connectivity index (χ0v) is 7.86. The van der Waals surface area contributed by atoms with Gasteiger partial charge in [-0.3, -0.25) is 4.79 Å².